The van der Waals surface area contributed by atoms with Gasteiger partial charge in [0.25, 0.3) is 0 Å². The topological polar surface area (TPSA) is 116 Å². The Morgan fingerprint density at radius 2 is 2.03 bits per heavy atom. The Morgan fingerprint density at radius 1 is 1.17 bits per heavy atom. The maximum Gasteiger partial charge on any atom is 0.232 e. The van der Waals surface area contributed by atoms with Gasteiger partial charge in [0.2, 0.25) is 10.0 Å². The summed E-state index contributed by atoms with van der Waals surface area (Å²) in [5, 5.41) is 9.99. The van der Waals surface area contributed by atoms with Crippen LogP contribution in [0.1, 0.15) is 18.5 Å². The van der Waals surface area contributed by atoms with Crippen LogP contribution in [0.2, 0.25) is 0 Å². The molecular weight excluding hydrogens is 466 g/mol. The maximum absolute atomic E-state index is 12.4. The highest BCUT2D eigenvalue weighted by molar-refractivity contribution is 7.92. The minimum absolute atomic E-state index is 0.147. The summed E-state index contributed by atoms with van der Waals surface area (Å²) in [4.78, 5) is 9.07. The number of benzene rings is 1. The standard InChI is InChI=1S/C24H23N7O3S/c1-15-18-12-26-20(19-13-27-30-9-3-8-25-24(19)30)11-22(18)31(28-15)21-7-6-17(10-23(21)34-2)29-35(32,33)14-16-4-5-16/h3,6-13,16,29H,4-5,14H2,1-2H3. The molecule has 0 bridgehead atoms. The summed E-state index contributed by atoms with van der Waals surface area (Å²) in [6.45, 7) is 1.92. The summed E-state index contributed by atoms with van der Waals surface area (Å²) >= 11 is 0. The molecule has 11 heteroatoms. The molecule has 0 amide bonds. The number of anilines is 1. The van der Waals surface area contributed by atoms with E-state index in [1.807, 2.05) is 25.3 Å². The number of methoxy groups -OCH3 is 1. The quantitative estimate of drug-likeness (QED) is 0.371. The molecule has 1 saturated carbocycles. The Kier molecular flexibility index (Phi) is 4.95. The fourth-order valence-corrected chi connectivity index (χ4v) is 5.75. The van der Waals surface area contributed by atoms with Crippen LogP contribution in [0.15, 0.2) is 55.1 Å². The van der Waals surface area contributed by atoms with Gasteiger partial charge in [-0.25, -0.2) is 22.6 Å². The molecule has 0 atom stereocenters. The molecule has 0 spiro atoms. The number of hydrogen-bond acceptors (Lipinski definition) is 7. The van der Waals surface area contributed by atoms with Crippen molar-refractivity contribution in [1.82, 2.24) is 29.4 Å². The third-order valence-electron chi connectivity index (χ3n) is 6.14. The van der Waals surface area contributed by atoms with Gasteiger partial charge < -0.3 is 4.74 Å². The van der Waals surface area contributed by atoms with E-state index in [9.17, 15) is 8.42 Å². The number of hydrogen-bond donors (Lipinski definition) is 1. The molecule has 0 unspecified atom stereocenters. The molecule has 1 fully saturated rings. The highest BCUT2D eigenvalue weighted by atomic mass is 32.2. The second kappa shape index (κ2) is 8.05. The summed E-state index contributed by atoms with van der Waals surface area (Å²) in [5.74, 6) is 0.907. The highest BCUT2D eigenvalue weighted by Crippen LogP contribution is 2.34. The first-order valence-electron chi connectivity index (χ1n) is 11.2. The molecule has 10 nitrogen and oxygen atoms in total. The number of fused-ring (bicyclic) bond motifs is 2. The lowest BCUT2D eigenvalue weighted by Crippen LogP contribution is -2.18. The lowest BCUT2D eigenvalue weighted by Gasteiger charge is -2.13. The number of rotatable bonds is 7. The Bertz CT molecular complexity index is 1690. The molecule has 1 aromatic carbocycles. The number of nitrogens with one attached hydrogen (secondary N) is 1. The largest absolute Gasteiger partial charge is 0.494 e. The number of nitrogens with zero attached hydrogens (tertiary/aromatic N) is 6. The van der Waals surface area contributed by atoms with Gasteiger partial charge in [-0.15, -0.1) is 0 Å². The van der Waals surface area contributed by atoms with Crippen LogP contribution < -0.4 is 9.46 Å². The van der Waals surface area contributed by atoms with E-state index in [2.05, 4.69) is 19.8 Å². The third kappa shape index (κ3) is 3.97. The third-order valence-corrected chi connectivity index (χ3v) is 7.60. The van der Waals surface area contributed by atoms with Crippen LogP contribution in [-0.4, -0.2) is 50.6 Å². The molecule has 1 N–H and O–H groups in total. The first-order chi connectivity index (χ1) is 16.9. The fourth-order valence-electron chi connectivity index (χ4n) is 4.23. The predicted molar refractivity (Wildman–Crippen MR) is 132 cm³/mol. The zero-order valence-electron chi connectivity index (χ0n) is 19.2. The Hall–Kier alpha value is -3.99. The van der Waals surface area contributed by atoms with E-state index in [1.54, 1.807) is 53.1 Å². The molecule has 178 valence electrons. The van der Waals surface area contributed by atoms with E-state index >= 15 is 0 Å². The number of aromatic nitrogens is 6. The van der Waals surface area contributed by atoms with E-state index in [4.69, 9.17) is 9.84 Å². The molecule has 0 saturated heterocycles. The SMILES string of the molecule is COc1cc(NS(=O)(=O)CC2CC2)ccc1-n1nc(C)c2cnc(-c3cnn4cccnc34)cc21. The van der Waals surface area contributed by atoms with Crippen molar-refractivity contribution >= 4 is 32.3 Å². The first-order valence-corrected chi connectivity index (χ1v) is 12.9. The second-order valence-electron chi connectivity index (χ2n) is 8.74. The summed E-state index contributed by atoms with van der Waals surface area (Å²) in [6, 6.07) is 8.98. The fraction of sp³-hybridized carbons (Fsp3) is 0.250. The average Bonchev–Trinajstić information content (AvgIpc) is 3.44. The van der Waals surface area contributed by atoms with Crippen molar-refractivity contribution in [3.05, 3.63) is 60.8 Å². The summed E-state index contributed by atoms with van der Waals surface area (Å²) in [6.07, 6.45) is 9.03. The predicted octanol–water partition coefficient (Wildman–Crippen LogP) is 3.60. The van der Waals surface area contributed by atoms with Gasteiger partial charge >= 0.3 is 0 Å². The average molecular weight is 490 g/mol. The van der Waals surface area contributed by atoms with Gasteiger partial charge in [-0.05, 0) is 49.9 Å². The number of aryl methyl sites for hydroxylation is 1. The molecule has 35 heavy (non-hydrogen) atoms. The van der Waals surface area contributed by atoms with Gasteiger partial charge in [-0.2, -0.15) is 10.2 Å². The van der Waals surface area contributed by atoms with Gasteiger partial charge in [0.05, 0.1) is 47.2 Å². The van der Waals surface area contributed by atoms with E-state index < -0.39 is 10.0 Å². The number of sulfonamides is 1. The summed E-state index contributed by atoms with van der Waals surface area (Å²) in [5.41, 5.74) is 5.03. The van der Waals surface area contributed by atoms with Crippen molar-refractivity contribution in [1.29, 1.82) is 0 Å². The monoisotopic (exact) mass is 489 g/mol. The zero-order valence-corrected chi connectivity index (χ0v) is 20.0. The van der Waals surface area contributed by atoms with E-state index in [1.165, 1.54) is 0 Å². The zero-order chi connectivity index (χ0) is 24.2. The highest BCUT2D eigenvalue weighted by Gasteiger charge is 2.28. The molecule has 4 heterocycles. The molecule has 5 aromatic rings. The van der Waals surface area contributed by atoms with Gasteiger partial charge in [0.1, 0.15) is 11.4 Å². The first kappa shape index (κ1) is 21.5. The van der Waals surface area contributed by atoms with Gasteiger partial charge in [0.15, 0.2) is 5.65 Å². The van der Waals surface area contributed by atoms with Gasteiger partial charge in [-0.3, -0.25) is 9.71 Å². The van der Waals surface area contributed by atoms with Crippen LogP contribution in [-0.2, 0) is 10.0 Å². The molecule has 0 radical (unpaired) electrons. The summed E-state index contributed by atoms with van der Waals surface area (Å²) < 4.78 is 36.7. The lowest BCUT2D eigenvalue weighted by molar-refractivity contribution is 0.412. The van der Waals surface area contributed by atoms with Crippen molar-refractivity contribution in [2.75, 3.05) is 17.6 Å². The van der Waals surface area contributed by atoms with E-state index in [0.29, 0.717) is 22.8 Å². The second-order valence-corrected chi connectivity index (χ2v) is 10.5. The minimum Gasteiger partial charge on any atom is -0.494 e. The molecule has 6 rings (SSSR count). The van der Waals surface area contributed by atoms with Crippen LogP contribution in [0, 0.1) is 12.8 Å². The van der Waals surface area contributed by atoms with Crippen LogP contribution in [0.4, 0.5) is 5.69 Å². The van der Waals surface area contributed by atoms with Gasteiger partial charge in [0, 0.05) is 30.0 Å². The molecular formula is C24H23N7O3S. The molecule has 1 aliphatic rings. The van der Waals surface area contributed by atoms with E-state index in [-0.39, 0.29) is 11.7 Å². The maximum atomic E-state index is 12.4. The van der Waals surface area contributed by atoms with Crippen LogP contribution >= 0.6 is 0 Å². The summed E-state index contributed by atoms with van der Waals surface area (Å²) in [7, 11) is -1.85. The molecule has 0 aliphatic heterocycles. The molecule has 1 aliphatic carbocycles. The Balaban J connectivity index is 1.42. The van der Waals surface area contributed by atoms with Crippen molar-refractivity contribution in [2.45, 2.75) is 19.8 Å². The van der Waals surface area contributed by atoms with Crippen molar-refractivity contribution in [3.8, 4) is 22.7 Å². The van der Waals surface area contributed by atoms with Crippen molar-refractivity contribution in [2.24, 2.45) is 5.92 Å². The Morgan fingerprint density at radius 3 is 2.83 bits per heavy atom. The van der Waals surface area contributed by atoms with E-state index in [0.717, 1.165) is 40.7 Å². The Labute approximate surface area is 201 Å². The van der Waals surface area contributed by atoms with Gasteiger partial charge in [-0.1, -0.05) is 0 Å². The van der Waals surface area contributed by atoms with Crippen LogP contribution in [0.25, 0.3) is 33.5 Å². The lowest BCUT2D eigenvalue weighted by atomic mass is 10.1. The van der Waals surface area contributed by atoms with Crippen molar-refractivity contribution in [3.63, 3.8) is 0 Å². The smallest absolute Gasteiger partial charge is 0.232 e. The minimum atomic E-state index is -3.40. The number of ether oxygens (including phenoxy) is 1. The number of pyridine rings is 1. The van der Waals surface area contributed by atoms with Crippen LogP contribution in [0.3, 0.4) is 0 Å². The normalized spacial score (nSPS) is 14.0. The van der Waals surface area contributed by atoms with Crippen LogP contribution in [0.5, 0.6) is 5.75 Å². The van der Waals surface area contributed by atoms with Crippen molar-refractivity contribution < 1.29 is 13.2 Å². The molecule has 4 aromatic heterocycles.